The summed E-state index contributed by atoms with van der Waals surface area (Å²) < 4.78 is 28.5. The molecule has 0 aromatic heterocycles. The van der Waals surface area contributed by atoms with E-state index in [1.165, 1.54) is 0 Å². The lowest BCUT2D eigenvalue weighted by Crippen LogP contribution is -2.53. The van der Waals surface area contributed by atoms with Crippen molar-refractivity contribution >= 4 is 10.2 Å². The minimum Gasteiger partial charge on any atom is -0.318 e. The van der Waals surface area contributed by atoms with Gasteiger partial charge in [-0.2, -0.15) is 17.0 Å². The van der Waals surface area contributed by atoms with Crippen LogP contribution in [0, 0.1) is 0 Å². The maximum Gasteiger partial charge on any atom is 0.282 e. The third-order valence-electron chi connectivity index (χ3n) is 3.46. The van der Waals surface area contributed by atoms with Crippen molar-refractivity contribution in [2.75, 3.05) is 33.2 Å². The smallest absolute Gasteiger partial charge is 0.282 e. The van der Waals surface area contributed by atoms with Crippen molar-refractivity contribution in [2.24, 2.45) is 0 Å². The first kappa shape index (κ1) is 15.9. The fourth-order valence-electron chi connectivity index (χ4n) is 2.55. The molecule has 6 heteroatoms. The van der Waals surface area contributed by atoms with Crippen LogP contribution in [-0.2, 0) is 10.2 Å². The van der Waals surface area contributed by atoms with Crippen LogP contribution in [-0.4, -0.2) is 56.3 Å². The van der Waals surface area contributed by atoms with Crippen LogP contribution in [0.4, 0.5) is 0 Å². The van der Waals surface area contributed by atoms with E-state index in [1.807, 2.05) is 20.9 Å². The number of hydrogen-bond acceptors (Lipinski definition) is 3. The van der Waals surface area contributed by atoms with E-state index in [9.17, 15) is 8.42 Å². The van der Waals surface area contributed by atoms with Gasteiger partial charge in [0, 0.05) is 32.2 Å². The van der Waals surface area contributed by atoms with Crippen LogP contribution in [0.25, 0.3) is 0 Å². The molecule has 1 aliphatic rings. The lowest BCUT2D eigenvalue weighted by atomic mass is 10.1. The summed E-state index contributed by atoms with van der Waals surface area (Å²) in [4.78, 5) is 0. The van der Waals surface area contributed by atoms with Gasteiger partial charge in [0.1, 0.15) is 0 Å². The van der Waals surface area contributed by atoms with Crippen molar-refractivity contribution in [2.45, 2.75) is 45.6 Å². The fourth-order valence-corrected chi connectivity index (χ4v) is 4.50. The minimum atomic E-state index is -3.28. The molecule has 108 valence electrons. The van der Waals surface area contributed by atoms with Crippen LogP contribution in [0.15, 0.2) is 0 Å². The average molecular weight is 277 g/mol. The second-order valence-electron chi connectivity index (χ2n) is 4.82. The normalized spacial score (nSPS) is 22.6. The molecule has 0 saturated carbocycles. The van der Waals surface area contributed by atoms with Crippen molar-refractivity contribution in [3.05, 3.63) is 0 Å². The van der Waals surface area contributed by atoms with Gasteiger partial charge in [-0.15, -0.1) is 0 Å². The summed E-state index contributed by atoms with van der Waals surface area (Å²) in [6.45, 7) is 6.49. The molecule has 1 fully saturated rings. The van der Waals surface area contributed by atoms with Gasteiger partial charge in [-0.05, 0) is 26.3 Å². The molecule has 0 bridgehead atoms. The molecular weight excluding hydrogens is 250 g/mol. The highest BCUT2D eigenvalue weighted by atomic mass is 32.2. The molecule has 18 heavy (non-hydrogen) atoms. The number of nitrogens with zero attached hydrogens (tertiary/aromatic N) is 2. The van der Waals surface area contributed by atoms with Crippen LogP contribution < -0.4 is 5.32 Å². The molecule has 0 aromatic rings. The average Bonchev–Trinajstić information content (AvgIpc) is 2.36. The van der Waals surface area contributed by atoms with Gasteiger partial charge in [-0.1, -0.05) is 20.3 Å². The summed E-state index contributed by atoms with van der Waals surface area (Å²) in [7, 11) is -1.40. The first-order chi connectivity index (χ1) is 8.57. The zero-order valence-corrected chi connectivity index (χ0v) is 12.7. The molecule has 1 rings (SSSR count). The molecule has 1 atom stereocenters. The zero-order valence-electron chi connectivity index (χ0n) is 11.9. The molecule has 0 aliphatic carbocycles. The molecular formula is C12H27N3O2S. The minimum absolute atomic E-state index is 0.111. The van der Waals surface area contributed by atoms with Crippen LogP contribution in [0.5, 0.6) is 0 Å². The van der Waals surface area contributed by atoms with Gasteiger partial charge >= 0.3 is 0 Å². The summed E-state index contributed by atoms with van der Waals surface area (Å²) in [6.07, 6.45) is 3.92. The lowest BCUT2D eigenvalue weighted by Gasteiger charge is -2.37. The van der Waals surface area contributed by atoms with Gasteiger partial charge in [0.05, 0.1) is 0 Å². The van der Waals surface area contributed by atoms with E-state index in [0.717, 1.165) is 32.2 Å². The molecule has 0 radical (unpaired) electrons. The summed E-state index contributed by atoms with van der Waals surface area (Å²) in [6, 6.07) is 0.111. The number of likely N-dealkylation sites (N-methyl/N-ethyl adjacent to an activating group) is 1. The first-order valence-electron chi connectivity index (χ1n) is 6.99. The van der Waals surface area contributed by atoms with Crippen LogP contribution in [0.3, 0.4) is 0 Å². The molecule has 0 spiro atoms. The topological polar surface area (TPSA) is 52.7 Å². The Hall–Kier alpha value is -0.170. The Morgan fingerprint density at radius 3 is 2.61 bits per heavy atom. The molecule has 1 saturated heterocycles. The van der Waals surface area contributed by atoms with E-state index in [4.69, 9.17) is 0 Å². The quantitative estimate of drug-likeness (QED) is 0.756. The molecule has 1 aliphatic heterocycles. The van der Waals surface area contributed by atoms with Gasteiger partial charge in [0.2, 0.25) is 0 Å². The van der Waals surface area contributed by atoms with Gasteiger partial charge in [-0.3, -0.25) is 0 Å². The maximum absolute atomic E-state index is 12.6. The van der Waals surface area contributed by atoms with Gasteiger partial charge in [-0.25, -0.2) is 0 Å². The number of hydrogen-bond donors (Lipinski definition) is 1. The van der Waals surface area contributed by atoms with E-state index < -0.39 is 10.2 Å². The zero-order chi connectivity index (χ0) is 13.6. The molecule has 0 amide bonds. The predicted molar refractivity (Wildman–Crippen MR) is 74.7 cm³/mol. The fraction of sp³-hybridized carbons (Fsp3) is 1.00. The van der Waals surface area contributed by atoms with Gasteiger partial charge in [0.15, 0.2) is 0 Å². The molecule has 1 N–H and O–H groups in total. The lowest BCUT2D eigenvalue weighted by molar-refractivity contribution is 0.229. The Balaban J connectivity index is 2.85. The largest absolute Gasteiger partial charge is 0.318 e. The molecule has 1 heterocycles. The Morgan fingerprint density at radius 2 is 2.06 bits per heavy atom. The standard InChI is InChI=1S/C12H27N3O2S/c1-4-9-14(5-2)18(16,17)15-10-7-6-8-12(15)11-13-3/h12-13H,4-11H2,1-3H3. The molecule has 5 nitrogen and oxygen atoms in total. The Kier molecular flexibility index (Phi) is 6.55. The van der Waals surface area contributed by atoms with Crippen molar-refractivity contribution in [1.29, 1.82) is 0 Å². The van der Waals surface area contributed by atoms with E-state index >= 15 is 0 Å². The maximum atomic E-state index is 12.6. The Labute approximate surface area is 112 Å². The van der Waals surface area contributed by atoms with Gasteiger partial charge in [0.25, 0.3) is 10.2 Å². The summed E-state index contributed by atoms with van der Waals surface area (Å²) in [5, 5.41) is 3.10. The van der Waals surface area contributed by atoms with Crippen LogP contribution in [0.1, 0.15) is 39.5 Å². The van der Waals surface area contributed by atoms with E-state index in [-0.39, 0.29) is 6.04 Å². The summed E-state index contributed by atoms with van der Waals surface area (Å²) in [5.41, 5.74) is 0. The summed E-state index contributed by atoms with van der Waals surface area (Å²) >= 11 is 0. The second kappa shape index (κ2) is 7.43. The molecule has 0 aromatic carbocycles. The van der Waals surface area contributed by atoms with E-state index in [2.05, 4.69) is 5.32 Å². The van der Waals surface area contributed by atoms with E-state index in [0.29, 0.717) is 19.6 Å². The SMILES string of the molecule is CCCN(CC)S(=O)(=O)N1CCCCC1CNC. The number of rotatable bonds is 7. The Morgan fingerprint density at radius 1 is 1.33 bits per heavy atom. The van der Waals surface area contributed by atoms with Gasteiger partial charge < -0.3 is 5.32 Å². The van der Waals surface area contributed by atoms with Crippen LogP contribution in [0.2, 0.25) is 0 Å². The van der Waals surface area contributed by atoms with Crippen molar-refractivity contribution in [1.82, 2.24) is 13.9 Å². The monoisotopic (exact) mass is 277 g/mol. The molecule has 1 unspecified atom stereocenters. The number of nitrogens with one attached hydrogen (secondary N) is 1. The third-order valence-corrected chi connectivity index (χ3v) is 5.63. The summed E-state index contributed by atoms with van der Waals surface area (Å²) in [5.74, 6) is 0. The van der Waals surface area contributed by atoms with Crippen molar-refractivity contribution in [3.63, 3.8) is 0 Å². The highest BCUT2D eigenvalue weighted by Crippen LogP contribution is 2.22. The highest BCUT2D eigenvalue weighted by molar-refractivity contribution is 7.86. The van der Waals surface area contributed by atoms with Crippen LogP contribution >= 0.6 is 0 Å². The predicted octanol–water partition coefficient (Wildman–Crippen LogP) is 1.04. The number of piperidine rings is 1. The second-order valence-corrected chi connectivity index (χ2v) is 6.70. The van der Waals surface area contributed by atoms with E-state index in [1.54, 1.807) is 8.61 Å². The van der Waals surface area contributed by atoms with Crippen molar-refractivity contribution < 1.29 is 8.42 Å². The third kappa shape index (κ3) is 3.66. The van der Waals surface area contributed by atoms with Crippen molar-refractivity contribution in [3.8, 4) is 0 Å². The first-order valence-corrected chi connectivity index (χ1v) is 8.39. The Bertz CT molecular complexity index is 330. The highest BCUT2D eigenvalue weighted by Gasteiger charge is 2.35.